The number of aliphatic hydroxyl groups is 2. The molecule has 0 bridgehead atoms. The Kier molecular flexibility index (Phi) is 11.6. The zero-order valence-corrected chi connectivity index (χ0v) is 21.0. The van der Waals surface area contributed by atoms with Crippen LogP contribution in [0.2, 0.25) is 0 Å². The van der Waals surface area contributed by atoms with E-state index in [1.165, 1.54) is 0 Å². The molecule has 7 N–H and O–H groups in total. The highest BCUT2D eigenvalue weighted by Gasteiger charge is 2.29. The lowest BCUT2D eigenvalue weighted by molar-refractivity contribution is -0.0744. The molecule has 5 unspecified atom stereocenters. The molecule has 1 amide bonds. The van der Waals surface area contributed by atoms with Crippen molar-refractivity contribution in [2.45, 2.75) is 70.6 Å². The first-order valence-electron chi connectivity index (χ1n) is 12.0. The third-order valence-corrected chi connectivity index (χ3v) is 5.65. The Morgan fingerprint density at radius 1 is 0.943 bits per heavy atom. The molecule has 8 heteroatoms. The van der Waals surface area contributed by atoms with Gasteiger partial charge in [0.1, 0.15) is 18.4 Å². The Morgan fingerprint density at radius 3 is 1.97 bits per heavy atom. The third-order valence-electron chi connectivity index (χ3n) is 5.65. The molecule has 0 saturated heterocycles. The van der Waals surface area contributed by atoms with Crippen LogP contribution in [0.3, 0.4) is 0 Å². The maximum Gasteiger partial charge on any atom is 0.404 e. The molecule has 0 aliphatic heterocycles. The van der Waals surface area contributed by atoms with E-state index in [1.54, 1.807) is 0 Å². The Hall–Kier alpha value is -2.49. The fourth-order valence-corrected chi connectivity index (χ4v) is 3.97. The summed E-state index contributed by atoms with van der Waals surface area (Å²) in [6, 6.07) is 18.8. The first kappa shape index (κ1) is 28.7. The van der Waals surface area contributed by atoms with Crippen LogP contribution in [0.1, 0.15) is 38.3 Å². The summed E-state index contributed by atoms with van der Waals surface area (Å²) in [4.78, 5) is 11.5. The van der Waals surface area contributed by atoms with E-state index >= 15 is 0 Å². The predicted molar refractivity (Wildman–Crippen MR) is 137 cm³/mol. The lowest BCUT2D eigenvalue weighted by atomic mass is 9.91. The summed E-state index contributed by atoms with van der Waals surface area (Å²) in [7, 11) is 0. The Bertz CT molecular complexity index is 860. The molecule has 0 spiro atoms. The molecular weight excluding hydrogens is 446 g/mol. The highest BCUT2D eigenvalue weighted by molar-refractivity contribution is 5.64. The molecule has 0 aromatic heterocycles. The van der Waals surface area contributed by atoms with Crippen LogP contribution in [0, 0.1) is 5.41 Å². The van der Waals surface area contributed by atoms with Crippen molar-refractivity contribution in [3.8, 4) is 0 Å². The highest BCUT2D eigenvalue weighted by Crippen LogP contribution is 2.21. The number of nitrogens with two attached hydrogens (primary N) is 2. The van der Waals surface area contributed by atoms with Crippen molar-refractivity contribution in [2.24, 2.45) is 16.9 Å². The van der Waals surface area contributed by atoms with Crippen molar-refractivity contribution in [1.29, 1.82) is 0 Å². The van der Waals surface area contributed by atoms with Gasteiger partial charge < -0.3 is 31.2 Å². The minimum absolute atomic E-state index is 0.0674. The number of primary amides is 1. The summed E-state index contributed by atoms with van der Waals surface area (Å²) >= 11 is 0. The monoisotopic (exact) mass is 487 g/mol. The summed E-state index contributed by atoms with van der Waals surface area (Å²) in [5.41, 5.74) is 13.1. The predicted octanol–water partition coefficient (Wildman–Crippen LogP) is 2.35. The van der Waals surface area contributed by atoms with Crippen molar-refractivity contribution in [3.63, 3.8) is 0 Å². The first-order chi connectivity index (χ1) is 16.6. The average Bonchev–Trinajstić information content (AvgIpc) is 2.78. The van der Waals surface area contributed by atoms with E-state index in [0.717, 1.165) is 11.1 Å². The number of carbonyl (C=O) groups is 1. The number of rotatable bonds is 14. The number of hydrogen-bond donors (Lipinski definition) is 5. The molecule has 35 heavy (non-hydrogen) atoms. The van der Waals surface area contributed by atoms with Gasteiger partial charge in [0.05, 0.1) is 12.7 Å². The topological polar surface area (TPSA) is 140 Å². The van der Waals surface area contributed by atoms with Gasteiger partial charge in [-0.1, -0.05) is 81.4 Å². The molecule has 2 aromatic carbocycles. The SMILES string of the molecule is CC(C)(C)CC(O)NC(Cc1ccccc1)C(O)COC(CN)C(Cc1ccccc1)OC(N)=O. The molecule has 0 saturated carbocycles. The molecule has 0 aliphatic rings. The molecule has 0 heterocycles. The van der Waals surface area contributed by atoms with E-state index in [2.05, 4.69) is 5.32 Å². The van der Waals surface area contributed by atoms with Crippen molar-refractivity contribution < 1.29 is 24.5 Å². The van der Waals surface area contributed by atoms with Crippen molar-refractivity contribution in [1.82, 2.24) is 5.32 Å². The van der Waals surface area contributed by atoms with Crippen LogP contribution in [0.25, 0.3) is 0 Å². The van der Waals surface area contributed by atoms with E-state index in [4.69, 9.17) is 20.9 Å². The van der Waals surface area contributed by atoms with Crippen LogP contribution in [0.15, 0.2) is 60.7 Å². The van der Waals surface area contributed by atoms with Crippen LogP contribution < -0.4 is 16.8 Å². The van der Waals surface area contributed by atoms with E-state index in [0.29, 0.717) is 19.3 Å². The normalized spacial score (nSPS) is 16.2. The fraction of sp³-hybridized carbons (Fsp3) is 0.519. The molecule has 8 nitrogen and oxygen atoms in total. The van der Waals surface area contributed by atoms with Gasteiger partial charge in [0.2, 0.25) is 0 Å². The first-order valence-corrected chi connectivity index (χ1v) is 12.0. The van der Waals surface area contributed by atoms with E-state index in [1.807, 2.05) is 81.4 Å². The number of nitrogens with one attached hydrogen (secondary N) is 1. The molecule has 2 rings (SSSR count). The maximum atomic E-state index is 11.5. The molecule has 2 aromatic rings. The van der Waals surface area contributed by atoms with Gasteiger partial charge in [0.25, 0.3) is 0 Å². The third kappa shape index (κ3) is 11.2. The van der Waals surface area contributed by atoms with Gasteiger partial charge in [-0.2, -0.15) is 0 Å². The van der Waals surface area contributed by atoms with Crippen molar-refractivity contribution >= 4 is 6.09 Å². The van der Waals surface area contributed by atoms with Crippen LogP contribution in [0.4, 0.5) is 4.79 Å². The Balaban J connectivity index is 2.09. The summed E-state index contributed by atoms with van der Waals surface area (Å²) in [5, 5.41) is 24.8. The van der Waals surface area contributed by atoms with E-state index in [9.17, 15) is 15.0 Å². The van der Waals surface area contributed by atoms with E-state index < -0.39 is 36.7 Å². The van der Waals surface area contributed by atoms with Gasteiger partial charge >= 0.3 is 6.09 Å². The van der Waals surface area contributed by atoms with Gasteiger partial charge in [0, 0.05) is 19.0 Å². The molecular formula is C27H41N3O5. The van der Waals surface area contributed by atoms with Crippen LogP contribution in [0.5, 0.6) is 0 Å². The lowest BCUT2D eigenvalue weighted by Gasteiger charge is -2.32. The van der Waals surface area contributed by atoms with Gasteiger partial charge in [-0.25, -0.2) is 4.79 Å². The van der Waals surface area contributed by atoms with E-state index in [-0.39, 0.29) is 18.6 Å². The van der Waals surface area contributed by atoms with Gasteiger partial charge in [-0.05, 0) is 29.4 Å². The molecule has 0 radical (unpaired) electrons. The molecule has 5 atom stereocenters. The summed E-state index contributed by atoms with van der Waals surface area (Å²) in [5.74, 6) is 0. The Labute approximate surface area is 208 Å². The quantitative estimate of drug-likeness (QED) is 0.258. The number of amides is 1. The van der Waals surface area contributed by atoms with Crippen molar-refractivity contribution in [3.05, 3.63) is 71.8 Å². The van der Waals surface area contributed by atoms with Crippen LogP contribution in [-0.2, 0) is 22.3 Å². The molecule has 0 fully saturated rings. The minimum Gasteiger partial charge on any atom is -0.443 e. The second-order valence-electron chi connectivity index (χ2n) is 10.1. The van der Waals surface area contributed by atoms with Crippen LogP contribution in [-0.4, -0.2) is 60.0 Å². The Morgan fingerprint density at radius 2 is 1.49 bits per heavy atom. The fourth-order valence-electron chi connectivity index (χ4n) is 3.97. The molecule has 194 valence electrons. The average molecular weight is 488 g/mol. The number of carbonyl (C=O) groups excluding carboxylic acids is 1. The summed E-state index contributed by atoms with van der Waals surface area (Å²) < 4.78 is 11.3. The minimum atomic E-state index is -0.954. The highest BCUT2D eigenvalue weighted by atomic mass is 16.6. The number of ether oxygens (including phenoxy) is 2. The summed E-state index contributed by atoms with van der Waals surface area (Å²) in [6.45, 7) is 6.13. The lowest BCUT2D eigenvalue weighted by Crippen LogP contribution is -2.51. The second kappa shape index (κ2) is 14.2. The van der Waals surface area contributed by atoms with Crippen molar-refractivity contribution in [2.75, 3.05) is 13.2 Å². The zero-order chi connectivity index (χ0) is 25.8. The standard InChI is InChI=1S/C27H41N3O5/c1-27(2,3)16-25(32)30-21(14-19-10-6-4-7-11-19)22(31)18-34-24(17-28)23(35-26(29)33)15-20-12-8-5-9-13-20/h4-13,21-25,30-32H,14-18,28H2,1-3H3,(H2,29,33). The maximum absolute atomic E-state index is 11.5. The largest absolute Gasteiger partial charge is 0.443 e. The zero-order valence-electron chi connectivity index (χ0n) is 21.0. The summed E-state index contributed by atoms with van der Waals surface area (Å²) in [6.07, 6.45) is -2.67. The van der Waals surface area contributed by atoms with Gasteiger partial charge in [-0.3, -0.25) is 5.32 Å². The van der Waals surface area contributed by atoms with Crippen LogP contribution >= 0.6 is 0 Å². The number of benzene rings is 2. The number of hydrogen-bond acceptors (Lipinski definition) is 7. The second-order valence-corrected chi connectivity index (χ2v) is 10.1. The molecule has 0 aliphatic carbocycles. The van der Waals surface area contributed by atoms with Gasteiger partial charge in [0.15, 0.2) is 0 Å². The number of aliphatic hydroxyl groups excluding tert-OH is 2. The van der Waals surface area contributed by atoms with Gasteiger partial charge in [-0.15, -0.1) is 0 Å². The smallest absolute Gasteiger partial charge is 0.404 e.